The Morgan fingerprint density at radius 1 is 0.255 bits per heavy atom. The van der Waals surface area contributed by atoms with E-state index in [0.29, 0.717) is 0 Å². The molecule has 7 aromatic heterocycles. The van der Waals surface area contributed by atoms with Crippen LogP contribution in [0.3, 0.4) is 0 Å². The zero-order chi connectivity index (χ0) is 71.7. The predicted molar refractivity (Wildman–Crippen MR) is 425 cm³/mol. The molecule has 94 heavy (non-hydrogen) atoms. The average molecular weight is 1340 g/mol. The molecule has 0 N–H and O–H groups in total. The van der Waals surface area contributed by atoms with Gasteiger partial charge >= 0.3 is 0 Å². The first kappa shape index (κ1) is 79.3. The van der Waals surface area contributed by atoms with Crippen LogP contribution in [0.15, 0.2) is 98.4 Å². The number of fused-ring (bicyclic) bond motifs is 4. The summed E-state index contributed by atoms with van der Waals surface area (Å²) in [5.41, 5.74) is 19.2. The highest BCUT2D eigenvalue weighted by molar-refractivity contribution is 7.20. The van der Waals surface area contributed by atoms with E-state index in [-0.39, 0.29) is 37.9 Å². The summed E-state index contributed by atoms with van der Waals surface area (Å²) in [6.07, 6.45) is 1.75. The second kappa shape index (κ2) is 30.1. The summed E-state index contributed by atoms with van der Waals surface area (Å²) in [6.45, 7) is 79.3. The second-order valence-corrected chi connectivity index (χ2v) is 38.0. The van der Waals surface area contributed by atoms with Gasteiger partial charge in [-0.25, -0.2) is 0 Å². The molecule has 512 valence electrons. The van der Waals surface area contributed by atoms with Gasteiger partial charge in [-0.05, 0) is 244 Å². The highest BCUT2D eigenvalue weighted by Gasteiger charge is 2.27. The molecular formula is C87H122O3S4. The Morgan fingerprint density at radius 2 is 0.585 bits per heavy atom. The molecule has 11 aromatic rings. The zero-order valence-corrected chi connectivity index (χ0v) is 68.7. The van der Waals surface area contributed by atoms with Crippen LogP contribution < -0.4 is 0 Å². The van der Waals surface area contributed by atoms with E-state index >= 15 is 0 Å². The average Bonchev–Trinajstić information content (AvgIpc) is 1.66. The lowest BCUT2D eigenvalue weighted by molar-refractivity contribution is 0.392. The quantitative estimate of drug-likeness (QED) is 0.152. The molecule has 0 spiro atoms. The summed E-state index contributed by atoms with van der Waals surface area (Å²) in [5, 5.41) is 5.72. The van der Waals surface area contributed by atoms with Gasteiger partial charge in [-0.3, -0.25) is 0 Å². The third-order valence-electron chi connectivity index (χ3n) is 17.6. The molecule has 0 radical (unpaired) electrons. The van der Waals surface area contributed by atoms with Gasteiger partial charge in [0.2, 0.25) is 0 Å². The van der Waals surface area contributed by atoms with Crippen LogP contribution in [0.4, 0.5) is 0 Å². The van der Waals surface area contributed by atoms with Crippen LogP contribution in [0.5, 0.6) is 0 Å². The lowest BCUT2D eigenvalue weighted by atomic mass is 9.90. The van der Waals surface area contributed by atoms with Crippen LogP contribution in [-0.2, 0) is 37.9 Å². The van der Waals surface area contributed by atoms with E-state index in [1.807, 2.05) is 65.3 Å². The Labute approximate surface area is 587 Å². The van der Waals surface area contributed by atoms with Gasteiger partial charge in [0.15, 0.2) is 0 Å². The SMILES string of the molecule is Cc1c(C(C)(C)C)sc2ccccc12.Cc1cc2sc(C(C)(C)C)c(C)c2cc1C.Cc1ccc2c(C)c(C(C)(C)C)sc2c1.Cc1ccc2sc(C(C)(C)C)c(C)c2c1.Cc1ccoc1C(C)(C)C.Cc1oc(C(C)(C)C)c(C)c1C.Cc1oc(C(C)(C)C)c(C)c1C. The molecule has 0 aliphatic rings. The number of hydrogen-bond acceptors (Lipinski definition) is 7. The Morgan fingerprint density at radius 3 is 0.926 bits per heavy atom. The van der Waals surface area contributed by atoms with Crippen molar-refractivity contribution in [3.8, 4) is 0 Å². The fraction of sp³-hybridized carbons (Fsp3) is 0.494. The second-order valence-electron chi connectivity index (χ2n) is 33.8. The summed E-state index contributed by atoms with van der Waals surface area (Å²) in [4.78, 5) is 6.07. The van der Waals surface area contributed by atoms with Crippen LogP contribution in [-0.4, -0.2) is 0 Å². The van der Waals surface area contributed by atoms with Crippen LogP contribution in [0.1, 0.15) is 266 Å². The Kier molecular flexibility index (Phi) is 25.4. The maximum atomic E-state index is 5.71. The number of furan rings is 3. The van der Waals surface area contributed by atoms with Gasteiger partial charge in [0, 0.05) is 54.6 Å². The largest absolute Gasteiger partial charge is 0.469 e. The van der Waals surface area contributed by atoms with Gasteiger partial charge in [-0.1, -0.05) is 199 Å². The van der Waals surface area contributed by atoms with Crippen LogP contribution >= 0.6 is 45.3 Å². The standard InChI is InChI=1S/C15H20S.2C14H18S.C13H16S.2C11H18O.C9H14O/c1-9-7-12-11(3)14(15(4,5)6)16-13(12)8-10(9)2;1-9-6-7-12-11(8-9)10(2)13(15-12)14(3,4)5;1-9-6-7-11-10(2)13(14(3,4)5)15-12(11)8-9;1-9-10-7-5-6-8-11(10)14-12(9)13(2,3)4;2*1-7-8(2)10(11(4,5)6)12-9(7)3;1-7-5-6-10-8(7)9(2,3)4/h7-8H,1-6H3;2*6-8H,1-5H3;5-8H,1-4H3;2*1-6H3;5-6H,1-4H3. The van der Waals surface area contributed by atoms with E-state index in [0.717, 1.165) is 28.8 Å². The van der Waals surface area contributed by atoms with Gasteiger partial charge in [0.25, 0.3) is 0 Å². The van der Waals surface area contributed by atoms with Crippen molar-refractivity contribution in [1.82, 2.24) is 0 Å². The van der Waals surface area contributed by atoms with Crippen molar-refractivity contribution < 1.29 is 13.3 Å². The summed E-state index contributed by atoms with van der Waals surface area (Å²) >= 11 is 7.77. The van der Waals surface area contributed by atoms with Gasteiger partial charge in [-0.2, -0.15) is 0 Å². The van der Waals surface area contributed by atoms with Crippen LogP contribution in [0, 0.1) is 104 Å². The smallest absolute Gasteiger partial charge is 0.112 e. The molecule has 3 nitrogen and oxygen atoms in total. The highest BCUT2D eigenvalue weighted by atomic mass is 32.1. The molecule has 0 fully saturated rings. The van der Waals surface area contributed by atoms with Crippen molar-refractivity contribution in [2.45, 2.75) is 287 Å². The minimum atomic E-state index is 0.128. The van der Waals surface area contributed by atoms with Crippen molar-refractivity contribution in [3.05, 3.63) is 206 Å². The maximum absolute atomic E-state index is 5.71. The molecule has 0 atom stereocenters. The summed E-state index contributed by atoms with van der Waals surface area (Å²) in [5.74, 6) is 5.44. The van der Waals surface area contributed by atoms with E-state index < -0.39 is 0 Å². The Hall–Kier alpha value is -5.44. The predicted octanol–water partition coefficient (Wildman–Crippen LogP) is 29.2. The molecule has 0 saturated heterocycles. The van der Waals surface area contributed by atoms with Crippen LogP contribution in [0.25, 0.3) is 40.3 Å². The number of benzene rings is 4. The van der Waals surface area contributed by atoms with Gasteiger partial charge in [0.05, 0.1) is 6.26 Å². The molecule has 0 aliphatic carbocycles. The molecule has 7 heterocycles. The summed E-state index contributed by atoms with van der Waals surface area (Å²) in [7, 11) is 0. The van der Waals surface area contributed by atoms with E-state index in [9.17, 15) is 0 Å². The molecule has 0 aliphatic heterocycles. The highest BCUT2D eigenvalue weighted by Crippen LogP contribution is 2.43. The number of aryl methyl sites for hydroxylation is 11. The maximum Gasteiger partial charge on any atom is 0.112 e. The van der Waals surface area contributed by atoms with E-state index in [4.69, 9.17) is 13.3 Å². The first-order valence-corrected chi connectivity index (χ1v) is 37.2. The van der Waals surface area contributed by atoms with Crippen molar-refractivity contribution in [1.29, 1.82) is 0 Å². The molecule has 0 bridgehead atoms. The van der Waals surface area contributed by atoms with E-state index in [2.05, 4.69) is 308 Å². The molecule has 0 unspecified atom stereocenters. The Balaban J connectivity index is 0.000000200. The molecule has 0 saturated carbocycles. The van der Waals surface area contributed by atoms with Crippen molar-refractivity contribution in [2.24, 2.45) is 0 Å². The summed E-state index contributed by atoms with van der Waals surface area (Å²) in [6, 6.07) is 28.8. The monoisotopic (exact) mass is 1340 g/mol. The van der Waals surface area contributed by atoms with E-state index in [1.54, 1.807) is 6.26 Å². The van der Waals surface area contributed by atoms with Gasteiger partial charge < -0.3 is 13.3 Å². The third kappa shape index (κ3) is 19.7. The lowest BCUT2D eigenvalue weighted by Crippen LogP contribution is -2.11. The van der Waals surface area contributed by atoms with Gasteiger partial charge in [0.1, 0.15) is 28.8 Å². The van der Waals surface area contributed by atoms with Crippen LogP contribution in [0.2, 0.25) is 0 Å². The fourth-order valence-electron chi connectivity index (χ4n) is 12.2. The van der Waals surface area contributed by atoms with Crippen molar-refractivity contribution in [3.63, 3.8) is 0 Å². The molecule has 0 amide bonds. The number of hydrogen-bond donors (Lipinski definition) is 0. The van der Waals surface area contributed by atoms with Gasteiger partial charge in [-0.15, -0.1) is 45.3 Å². The summed E-state index contributed by atoms with van der Waals surface area (Å²) < 4.78 is 22.4. The molecule has 4 aromatic carbocycles. The minimum Gasteiger partial charge on any atom is -0.469 e. The molecule has 7 heteroatoms. The van der Waals surface area contributed by atoms with Crippen molar-refractivity contribution in [2.75, 3.05) is 0 Å². The zero-order valence-electron chi connectivity index (χ0n) is 65.4. The number of thiophene rings is 4. The minimum absolute atomic E-state index is 0.128. The first-order chi connectivity index (χ1) is 42.8. The first-order valence-electron chi connectivity index (χ1n) is 34.0. The topological polar surface area (TPSA) is 39.4 Å². The number of rotatable bonds is 0. The van der Waals surface area contributed by atoms with Crippen molar-refractivity contribution >= 4 is 85.7 Å². The molecule has 11 rings (SSSR count). The third-order valence-corrected chi connectivity index (χ3v) is 24.3. The fourth-order valence-corrected chi connectivity index (χ4v) is 17.5. The van der Waals surface area contributed by atoms with E-state index in [1.165, 1.54) is 132 Å². The lowest BCUT2D eigenvalue weighted by Gasteiger charge is -2.17. The molecular weight excluding hydrogens is 1220 g/mol. The normalized spacial score (nSPS) is 12.3. The Bertz CT molecular complexity index is 4260.